The van der Waals surface area contributed by atoms with Gasteiger partial charge in [-0.1, -0.05) is 25.7 Å². The Morgan fingerprint density at radius 3 is 2.12 bits per heavy atom. The molecule has 2 saturated carbocycles. The first-order valence-corrected chi connectivity index (χ1v) is 9.67. The van der Waals surface area contributed by atoms with Crippen molar-refractivity contribution in [3.63, 3.8) is 0 Å². The Balaban J connectivity index is 1.39. The molecule has 3 rings (SSSR count). The summed E-state index contributed by atoms with van der Waals surface area (Å²) < 4.78 is 0. The lowest BCUT2D eigenvalue weighted by molar-refractivity contribution is -0.140. The number of carbonyl (C=O) groups excluding carboxylic acids is 3. The standard InChI is InChI=1S/C17H26N4O3S/c22-14(19-20-17(25)18-11-5-1-2-6-11)9-10-21-15(23)12-7-3-4-8-13(12)16(21)24/h11-13H,1-10H2,(H,19,22)(H2,18,20,25)/t12-,13-/m1/s1. The second kappa shape index (κ2) is 8.12. The quantitative estimate of drug-likeness (QED) is 0.391. The number of thiocarbonyl (C=S) groups is 1. The highest BCUT2D eigenvalue weighted by Gasteiger charge is 2.47. The number of nitrogens with one attached hydrogen (secondary N) is 3. The van der Waals surface area contributed by atoms with Crippen molar-refractivity contribution in [2.24, 2.45) is 11.8 Å². The molecule has 3 fully saturated rings. The molecule has 0 aromatic carbocycles. The molecule has 1 heterocycles. The predicted octanol–water partition coefficient (Wildman–Crippen LogP) is 0.990. The van der Waals surface area contributed by atoms with Gasteiger partial charge in [0, 0.05) is 19.0 Å². The van der Waals surface area contributed by atoms with Gasteiger partial charge < -0.3 is 5.32 Å². The van der Waals surface area contributed by atoms with Gasteiger partial charge in [0.2, 0.25) is 17.7 Å². The van der Waals surface area contributed by atoms with Crippen LogP contribution in [0.4, 0.5) is 0 Å². The molecule has 3 amide bonds. The third-order valence-corrected chi connectivity index (χ3v) is 5.72. The SMILES string of the molecule is O=C(CCN1C(=O)[C@@H]2CCCC[C@H]2C1=O)NNC(=S)NC1CCCC1. The van der Waals surface area contributed by atoms with Crippen LogP contribution in [0.3, 0.4) is 0 Å². The Hall–Kier alpha value is -1.70. The predicted molar refractivity (Wildman–Crippen MR) is 96.1 cm³/mol. The van der Waals surface area contributed by atoms with Crippen molar-refractivity contribution in [3.05, 3.63) is 0 Å². The van der Waals surface area contributed by atoms with Crippen LogP contribution in [-0.2, 0) is 14.4 Å². The summed E-state index contributed by atoms with van der Waals surface area (Å²) in [6.45, 7) is 0.140. The number of hydrogen-bond donors (Lipinski definition) is 3. The van der Waals surface area contributed by atoms with Gasteiger partial charge in [0.15, 0.2) is 5.11 Å². The molecule has 3 N–H and O–H groups in total. The lowest BCUT2D eigenvalue weighted by Crippen LogP contribution is -2.49. The minimum atomic E-state index is -0.286. The van der Waals surface area contributed by atoms with Crippen LogP contribution in [-0.4, -0.2) is 40.3 Å². The van der Waals surface area contributed by atoms with Gasteiger partial charge in [-0.05, 0) is 37.9 Å². The first-order chi connectivity index (χ1) is 12.1. The summed E-state index contributed by atoms with van der Waals surface area (Å²) in [7, 11) is 0. The van der Waals surface area contributed by atoms with Crippen LogP contribution >= 0.6 is 12.2 Å². The van der Waals surface area contributed by atoms with Crippen molar-refractivity contribution >= 4 is 35.1 Å². The van der Waals surface area contributed by atoms with E-state index in [1.165, 1.54) is 17.7 Å². The summed E-state index contributed by atoms with van der Waals surface area (Å²) in [5, 5.41) is 3.57. The minimum Gasteiger partial charge on any atom is -0.359 e. The Morgan fingerprint density at radius 1 is 0.960 bits per heavy atom. The maximum absolute atomic E-state index is 12.3. The van der Waals surface area contributed by atoms with E-state index < -0.39 is 0 Å². The summed E-state index contributed by atoms with van der Waals surface area (Å²) in [6, 6.07) is 0.375. The fraction of sp³-hybridized carbons (Fsp3) is 0.765. The molecule has 3 aliphatic rings. The molecule has 0 aromatic rings. The fourth-order valence-electron chi connectivity index (χ4n) is 4.15. The van der Waals surface area contributed by atoms with Crippen LogP contribution in [0.15, 0.2) is 0 Å². The molecular formula is C17H26N4O3S. The van der Waals surface area contributed by atoms with E-state index in [9.17, 15) is 14.4 Å². The van der Waals surface area contributed by atoms with Crippen molar-refractivity contribution < 1.29 is 14.4 Å². The molecule has 0 bridgehead atoms. The third-order valence-electron chi connectivity index (χ3n) is 5.50. The molecule has 8 heteroatoms. The molecule has 25 heavy (non-hydrogen) atoms. The zero-order valence-corrected chi connectivity index (χ0v) is 15.2. The zero-order chi connectivity index (χ0) is 17.8. The lowest BCUT2D eigenvalue weighted by Gasteiger charge is -2.19. The number of hydrazine groups is 1. The van der Waals surface area contributed by atoms with E-state index in [0.29, 0.717) is 11.2 Å². The number of amides is 3. The molecular weight excluding hydrogens is 340 g/mol. The zero-order valence-electron chi connectivity index (χ0n) is 14.4. The Labute approximate surface area is 153 Å². The number of nitrogens with zero attached hydrogens (tertiary/aromatic N) is 1. The summed E-state index contributed by atoms with van der Waals surface area (Å²) in [6.07, 6.45) is 8.26. The number of hydrogen-bond acceptors (Lipinski definition) is 4. The summed E-state index contributed by atoms with van der Waals surface area (Å²) in [5.74, 6) is -0.815. The maximum atomic E-state index is 12.3. The Kier molecular flexibility index (Phi) is 5.88. The van der Waals surface area contributed by atoms with E-state index in [-0.39, 0.29) is 42.5 Å². The topological polar surface area (TPSA) is 90.5 Å². The molecule has 2 atom stereocenters. The number of likely N-dealkylation sites (tertiary alicyclic amines) is 1. The highest BCUT2D eigenvalue weighted by atomic mass is 32.1. The number of rotatable bonds is 4. The second-order valence-corrected chi connectivity index (χ2v) is 7.61. The molecule has 138 valence electrons. The Morgan fingerprint density at radius 2 is 1.52 bits per heavy atom. The molecule has 0 unspecified atom stereocenters. The molecule has 2 aliphatic carbocycles. The number of carbonyl (C=O) groups is 3. The minimum absolute atomic E-state index is 0.0793. The van der Waals surface area contributed by atoms with E-state index in [2.05, 4.69) is 16.2 Å². The van der Waals surface area contributed by atoms with Crippen LogP contribution in [0, 0.1) is 11.8 Å². The van der Waals surface area contributed by atoms with Crippen molar-refractivity contribution in [2.45, 2.75) is 63.8 Å². The summed E-state index contributed by atoms with van der Waals surface area (Å²) >= 11 is 5.15. The summed E-state index contributed by atoms with van der Waals surface area (Å²) in [4.78, 5) is 37.9. The van der Waals surface area contributed by atoms with Gasteiger partial charge in [0.25, 0.3) is 0 Å². The average Bonchev–Trinajstić information content (AvgIpc) is 3.20. The van der Waals surface area contributed by atoms with Crippen LogP contribution in [0.5, 0.6) is 0 Å². The molecule has 0 radical (unpaired) electrons. The van der Waals surface area contributed by atoms with Crippen LogP contribution < -0.4 is 16.2 Å². The van der Waals surface area contributed by atoms with E-state index in [4.69, 9.17) is 12.2 Å². The maximum Gasteiger partial charge on any atom is 0.240 e. The van der Waals surface area contributed by atoms with Crippen molar-refractivity contribution in [1.29, 1.82) is 0 Å². The smallest absolute Gasteiger partial charge is 0.240 e. The largest absolute Gasteiger partial charge is 0.359 e. The van der Waals surface area contributed by atoms with E-state index >= 15 is 0 Å². The fourth-order valence-corrected chi connectivity index (χ4v) is 4.36. The molecule has 0 aromatic heterocycles. The molecule has 1 saturated heterocycles. The van der Waals surface area contributed by atoms with Gasteiger partial charge in [-0.15, -0.1) is 0 Å². The van der Waals surface area contributed by atoms with Gasteiger partial charge in [-0.3, -0.25) is 30.1 Å². The lowest BCUT2D eigenvalue weighted by atomic mass is 9.81. The van der Waals surface area contributed by atoms with Gasteiger partial charge in [0.05, 0.1) is 11.8 Å². The highest BCUT2D eigenvalue weighted by molar-refractivity contribution is 7.80. The number of fused-ring (bicyclic) bond motifs is 1. The van der Waals surface area contributed by atoms with Crippen molar-refractivity contribution in [1.82, 2.24) is 21.1 Å². The van der Waals surface area contributed by atoms with E-state index in [0.717, 1.165) is 38.5 Å². The van der Waals surface area contributed by atoms with Crippen LogP contribution in [0.2, 0.25) is 0 Å². The van der Waals surface area contributed by atoms with Crippen molar-refractivity contribution in [3.8, 4) is 0 Å². The van der Waals surface area contributed by atoms with Gasteiger partial charge >= 0.3 is 0 Å². The second-order valence-electron chi connectivity index (χ2n) is 7.20. The first-order valence-electron chi connectivity index (χ1n) is 9.27. The summed E-state index contributed by atoms with van der Waals surface area (Å²) in [5.41, 5.74) is 5.22. The Bertz CT molecular complexity index is 538. The number of imide groups is 1. The van der Waals surface area contributed by atoms with Gasteiger partial charge in [-0.2, -0.15) is 0 Å². The van der Waals surface area contributed by atoms with Crippen molar-refractivity contribution in [2.75, 3.05) is 6.54 Å². The van der Waals surface area contributed by atoms with E-state index in [1.54, 1.807) is 0 Å². The van der Waals surface area contributed by atoms with Crippen LogP contribution in [0.25, 0.3) is 0 Å². The highest BCUT2D eigenvalue weighted by Crippen LogP contribution is 2.37. The van der Waals surface area contributed by atoms with E-state index in [1.807, 2.05) is 0 Å². The van der Waals surface area contributed by atoms with Crippen LogP contribution in [0.1, 0.15) is 57.8 Å². The normalized spacial score (nSPS) is 26.5. The molecule has 1 aliphatic heterocycles. The van der Waals surface area contributed by atoms with Gasteiger partial charge in [-0.25, -0.2) is 0 Å². The third kappa shape index (κ3) is 4.29. The van der Waals surface area contributed by atoms with Gasteiger partial charge in [0.1, 0.15) is 0 Å². The molecule has 7 nitrogen and oxygen atoms in total. The average molecular weight is 366 g/mol. The molecule has 0 spiro atoms. The first kappa shape index (κ1) is 18.1. The monoisotopic (exact) mass is 366 g/mol.